The largest absolute Gasteiger partial charge is 0.374 e. The number of carbonyl (C=O) groups is 1. The lowest BCUT2D eigenvalue weighted by Crippen LogP contribution is -2.34. The van der Waals surface area contributed by atoms with Gasteiger partial charge in [-0.05, 0) is 35.9 Å². The topological polar surface area (TPSA) is 53.5 Å². The Balaban J connectivity index is 1.61. The summed E-state index contributed by atoms with van der Waals surface area (Å²) in [6, 6.07) is 21.0. The Morgan fingerprint density at radius 2 is 1.76 bits per heavy atom. The van der Waals surface area contributed by atoms with Crippen LogP contribution in [0, 0.1) is 0 Å². The average Bonchev–Trinajstić information content (AvgIpc) is 2.63. The molecule has 1 atom stereocenters. The second-order valence-electron chi connectivity index (χ2n) is 5.68. The molecule has 0 aliphatic rings. The molecule has 0 aliphatic carbocycles. The molecule has 0 aliphatic heterocycles. The molecule has 0 radical (unpaired) electrons. The highest BCUT2D eigenvalue weighted by Crippen LogP contribution is 2.19. The van der Waals surface area contributed by atoms with E-state index in [2.05, 4.69) is 21.9 Å². The summed E-state index contributed by atoms with van der Waals surface area (Å²) in [6.45, 7) is 1.79. The molecule has 0 spiro atoms. The molecule has 5 heteroatoms. The minimum atomic E-state index is -0.426. The van der Waals surface area contributed by atoms with Gasteiger partial charge in [-0.3, -0.25) is 4.79 Å². The van der Waals surface area contributed by atoms with E-state index in [1.54, 1.807) is 13.0 Å². The van der Waals surface area contributed by atoms with Crippen LogP contribution in [-0.4, -0.2) is 18.2 Å². The van der Waals surface area contributed by atoms with Crippen molar-refractivity contribution in [3.05, 3.63) is 77.3 Å². The van der Waals surface area contributed by atoms with E-state index in [-0.39, 0.29) is 5.91 Å². The number of halogens is 1. The summed E-state index contributed by atoms with van der Waals surface area (Å²) in [7, 11) is 0. The second-order valence-corrected chi connectivity index (χ2v) is 6.09. The monoisotopic (exact) mass is 351 g/mol. The van der Waals surface area contributed by atoms with Gasteiger partial charge in [-0.1, -0.05) is 60.1 Å². The number of hydrogen-bond acceptors (Lipinski definition) is 3. The maximum atomic E-state index is 12.2. The summed E-state index contributed by atoms with van der Waals surface area (Å²) in [5.41, 5.74) is 4.16. The van der Waals surface area contributed by atoms with Crippen molar-refractivity contribution < 1.29 is 4.79 Å². The zero-order chi connectivity index (χ0) is 17.6. The predicted octanol–water partition coefficient (Wildman–Crippen LogP) is 4.44. The fraction of sp³-hybridized carbons (Fsp3) is 0.100. The number of carbonyl (C=O) groups excluding carboxylic acids is 1. The molecular formula is C20H18ClN3O. The number of amides is 1. The van der Waals surface area contributed by atoms with Crippen LogP contribution in [0.25, 0.3) is 10.8 Å². The lowest BCUT2D eigenvalue weighted by molar-refractivity contribution is -0.121. The lowest BCUT2D eigenvalue weighted by Gasteiger charge is -2.14. The van der Waals surface area contributed by atoms with Crippen LogP contribution in [0.1, 0.15) is 12.5 Å². The van der Waals surface area contributed by atoms with E-state index in [4.69, 9.17) is 11.6 Å². The molecule has 25 heavy (non-hydrogen) atoms. The number of hydrazone groups is 1. The van der Waals surface area contributed by atoms with E-state index >= 15 is 0 Å². The van der Waals surface area contributed by atoms with Gasteiger partial charge < -0.3 is 5.32 Å². The number of rotatable bonds is 5. The lowest BCUT2D eigenvalue weighted by atomic mass is 10.1. The number of anilines is 1. The first-order valence-electron chi connectivity index (χ1n) is 7.96. The van der Waals surface area contributed by atoms with Crippen molar-refractivity contribution in [3.63, 3.8) is 0 Å². The normalized spacial score (nSPS) is 12.2. The van der Waals surface area contributed by atoms with Gasteiger partial charge in [0.1, 0.15) is 6.04 Å². The molecule has 0 aromatic heterocycles. The zero-order valence-corrected chi connectivity index (χ0v) is 14.5. The molecule has 0 saturated carbocycles. The molecule has 0 heterocycles. The van der Waals surface area contributed by atoms with Gasteiger partial charge in [-0.15, -0.1) is 0 Å². The highest BCUT2D eigenvalue weighted by Gasteiger charge is 2.11. The van der Waals surface area contributed by atoms with Crippen LogP contribution in [0.4, 0.5) is 5.69 Å². The fourth-order valence-corrected chi connectivity index (χ4v) is 2.62. The first-order valence-corrected chi connectivity index (χ1v) is 8.34. The highest BCUT2D eigenvalue weighted by molar-refractivity contribution is 6.33. The van der Waals surface area contributed by atoms with Crippen molar-refractivity contribution >= 4 is 40.2 Å². The van der Waals surface area contributed by atoms with Gasteiger partial charge in [0.15, 0.2) is 0 Å². The Morgan fingerprint density at radius 3 is 2.56 bits per heavy atom. The first-order chi connectivity index (χ1) is 12.1. The molecule has 0 saturated heterocycles. The fourth-order valence-electron chi connectivity index (χ4n) is 2.44. The van der Waals surface area contributed by atoms with Crippen molar-refractivity contribution in [2.45, 2.75) is 13.0 Å². The maximum Gasteiger partial charge on any atom is 0.262 e. The predicted molar refractivity (Wildman–Crippen MR) is 104 cm³/mol. The Bertz CT molecular complexity index is 923. The number of nitrogens with zero attached hydrogens (tertiary/aromatic N) is 1. The van der Waals surface area contributed by atoms with Gasteiger partial charge in [0.05, 0.1) is 6.21 Å². The Hall–Kier alpha value is -2.85. The Morgan fingerprint density at radius 1 is 1.04 bits per heavy atom. The summed E-state index contributed by atoms with van der Waals surface area (Å²) in [5.74, 6) is -0.225. The molecule has 3 aromatic carbocycles. The molecular weight excluding hydrogens is 334 g/mol. The molecule has 0 unspecified atom stereocenters. The number of nitrogens with one attached hydrogen (secondary N) is 2. The smallest absolute Gasteiger partial charge is 0.262 e. The van der Waals surface area contributed by atoms with E-state index < -0.39 is 6.04 Å². The van der Waals surface area contributed by atoms with E-state index in [0.29, 0.717) is 5.02 Å². The summed E-state index contributed by atoms with van der Waals surface area (Å²) >= 11 is 6.04. The van der Waals surface area contributed by atoms with Crippen molar-refractivity contribution in [2.75, 3.05) is 5.32 Å². The van der Waals surface area contributed by atoms with Gasteiger partial charge in [0.2, 0.25) is 0 Å². The highest BCUT2D eigenvalue weighted by atomic mass is 35.5. The van der Waals surface area contributed by atoms with Crippen LogP contribution in [0.15, 0.2) is 71.8 Å². The van der Waals surface area contributed by atoms with Gasteiger partial charge in [-0.2, -0.15) is 5.10 Å². The zero-order valence-electron chi connectivity index (χ0n) is 13.7. The van der Waals surface area contributed by atoms with Crippen molar-refractivity contribution in [2.24, 2.45) is 5.10 Å². The molecule has 1 amide bonds. The molecule has 0 fully saturated rings. The number of benzene rings is 3. The minimum Gasteiger partial charge on any atom is -0.374 e. The summed E-state index contributed by atoms with van der Waals surface area (Å²) in [4.78, 5) is 12.2. The maximum absolute atomic E-state index is 12.2. The van der Waals surface area contributed by atoms with E-state index in [1.165, 1.54) is 6.21 Å². The molecule has 3 rings (SSSR count). The van der Waals surface area contributed by atoms with Gasteiger partial charge in [0, 0.05) is 16.3 Å². The average molecular weight is 352 g/mol. The molecule has 3 aromatic rings. The van der Waals surface area contributed by atoms with Crippen LogP contribution >= 0.6 is 11.6 Å². The molecule has 2 N–H and O–H groups in total. The third-order valence-corrected chi connectivity index (χ3v) is 4.15. The van der Waals surface area contributed by atoms with Crippen molar-refractivity contribution in [3.8, 4) is 0 Å². The van der Waals surface area contributed by atoms with Gasteiger partial charge in [-0.25, -0.2) is 5.43 Å². The minimum absolute atomic E-state index is 0.225. The number of hydrogen-bond donors (Lipinski definition) is 2. The van der Waals surface area contributed by atoms with Crippen LogP contribution in [0.2, 0.25) is 5.02 Å². The van der Waals surface area contributed by atoms with Crippen LogP contribution in [0.3, 0.4) is 0 Å². The quantitative estimate of drug-likeness (QED) is 0.527. The van der Waals surface area contributed by atoms with Crippen LogP contribution in [0.5, 0.6) is 0 Å². The van der Waals surface area contributed by atoms with E-state index in [9.17, 15) is 4.79 Å². The second kappa shape index (κ2) is 7.81. The SMILES string of the molecule is C[C@H](Nc1ccc2ccccc2c1)C(=O)N/N=C\c1ccccc1Cl. The van der Waals surface area contributed by atoms with Crippen LogP contribution < -0.4 is 10.7 Å². The molecule has 0 bridgehead atoms. The third kappa shape index (κ3) is 4.37. The summed E-state index contributed by atoms with van der Waals surface area (Å²) in [5, 5.41) is 10.0. The third-order valence-electron chi connectivity index (χ3n) is 3.81. The van der Waals surface area contributed by atoms with E-state index in [0.717, 1.165) is 22.0 Å². The van der Waals surface area contributed by atoms with Gasteiger partial charge >= 0.3 is 0 Å². The van der Waals surface area contributed by atoms with E-state index in [1.807, 2.05) is 54.6 Å². The Labute approximate surface area is 151 Å². The number of fused-ring (bicyclic) bond motifs is 1. The molecule has 4 nitrogen and oxygen atoms in total. The first kappa shape index (κ1) is 17.0. The Kier molecular flexibility index (Phi) is 5.31. The van der Waals surface area contributed by atoms with Gasteiger partial charge in [0.25, 0.3) is 5.91 Å². The molecule has 126 valence electrons. The van der Waals surface area contributed by atoms with Crippen molar-refractivity contribution in [1.82, 2.24) is 5.43 Å². The standard InChI is InChI=1S/C20H18ClN3O/c1-14(20(25)24-22-13-17-8-4-5-9-19(17)21)23-18-11-10-15-6-2-3-7-16(15)12-18/h2-14,23H,1H3,(H,24,25)/b22-13-/t14-/m0/s1. The summed E-state index contributed by atoms with van der Waals surface area (Å²) < 4.78 is 0. The van der Waals surface area contributed by atoms with Crippen LogP contribution in [-0.2, 0) is 4.79 Å². The van der Waals surface area contributed by atoms with Crippen molar-refractivity contribution in [1.29, 1.82) is 0 Å². The summed E-state index contributed by atoms with van der Waals surface area (Å²) in [6.07, 6.45) is 1.53.